The summed E-state index contributed by atoms with van der Waals surface area (Å²) in [6, 6.07) is 3.39. The molecule has 2 N–H and O–H groups in total. The normalized spacial score (nSPS) is 12.6. The molecular formula is C10H16N2O2S. The summed E-state index contributed by atoms with van der Waals surface area (Å²) in [4.78, 5) is 4.04. The summed E-state index contributed by atoms with van der Waals surface area (Å²) in [7, 11) is -0.705. The molecule has 0 aliphatic rings. The molecule has 1 heterocycles. The van der Waals surface area contributed by atoms with Crippen molar-refractivity contribution in [3.8, 4) is 5.75 Å². The van der Waals surface area contributed by atoms with Crippen molar-refractivity contribution in [2.24, 2.45) is 0 Å². The molecule has 0 fully saturated rings. The maximum Gasteiger partial charge on any atom is 0.133 e. The van der Waals surface area contributed by atoms with Gasteiger partial charge in [-0.3, -0.25) is 9.19 Å². The van der Waals surface area contributed by atoms with Crippen LogP contribution in [0, 0.1) is 0 Å². The molecule has 1 aromatic rings. The Morgan fingerprint density at radius 2 is 2.33 bits per heavy atom. The molecule has 0 aliphatic carbocycles. The number of hydrogen-bond acceptors (Lipinski definition) is 4. The molecule has 1 aromatic heterocycles. The lowest BCUT2D eigenvalue weighted by molar-refractivity contribution is 0.471. The first-order chi connectivity index (χ1) is 7.18. The topological polar surface area (TPSA) is 62.2 Å². The van der Waals surface area contributed by atoms with Crippen LogP contribution >= 0.6 is 0 Å². The van der Waals surface area contributed by atoms with E-state index in [-0.39, 0.29) is 5.75 Å². The van der Waals surface area contributed by atoms with Gasteiger partial charge in [-0.2, -0.15) is 0 Å². The number of aromatic nitrogens is 1. The maximum absolute atomic E-state index is 10.8. The molecule has 1 unspecified atom stereocenters. The number of rotatable bonds is 6. The fourth-order valence-electron chi connectivity index (χ4n) is 1.14. The minimum absolute atomic E-state index is 0.181. The van der Waals surface area contributed by atoms with E-state index in [1.54, 1.807) is 18.4 Å². The average molecular weight is 228 g/mol. The van der Waals surface area contributed by atoms with Crippen molar-refractivity contribution in [1.82, 2.24) is 10.3 Å². The molecule has 0 aromatic carbocycles. The van der Waals surface area contributed by atoms with Crippen molar-refractivity contribution >= 4 is 10.8 Å². The van der Waals surface area contributed by atoms with Crippen LogP contribution in [0.3, 0.4) is 0 Å². The lowest BCUT2D eigenvalue weighted by Gasteiger charge is -2.03. The van der Waals surface area contributed by atoms with Crippen LogP contribution in [0.5, 0.6) is 5.75 Å². The predicted molar refractivity (Wildman–Crippen MR) is 61.2 cm³/mol. The van der Waals surface area contributed by atoms with Gasteiger partial charge in [-0.1, -0.05) is 0 Å². The standard InChI is InChI=1S/C10H16N2O2S/c1-15(14)6-2-5-11-7-9-3-4-10(13)8-12-9/h3-4,8,11,13H,2,5-7H2,1H3. The molecule has 0 spiro atoms. The van der Waals surface area contributed by atoms with Crippen LogP contribution < -0.4 is 5.32 Å². The van der Waals surface area contributed by atoms with Gasteiger partial charge in [0.05, 0.1) is 11.9 Å². The highest BCUT2D eigenvalue weighted by Crippen LogP contribution is 2.05. The minimum atomic E-state index is -0.705. The molecule has 0 aliphatic heterocycles. The van der Waals surface area contributed by atoms with Crippen molar-refractivity contribution < 1.29 is 9.32 Å². The second kappa shape index (κ2) is 6.53. The zero-order valence-corrected chi connectivity index (χ0v) is 9.59. The van der Waals surface area contributed by atoms with Gasteiger partial charge in [-0.25, -0.2) is 0 Å². The van der Waals surface area contributed by atoms with E-state index < -0.39 is 10.8 Å². The van der Waals surface area contributed by atoms with Gasteiger partial charge in [0, 0.05) is 29.4 Å². The van der Waals surface area contributed by atoms with E-state index in [1.165, 1.54) is 6.20 Å². The second-order valence-electron chi connectivity index (χ2n) is 3.32. The molecule has 0 radical (unpaired) electrons. The van der Waals surface area contributed by atoms with E-state index in [4.69, 9.17) is 5.11 Å². The highest BCUT2D eigenvalue weighted by atomic mass is 32.2. The Hall–Kier alpha value is -0.940. The van der Waals surface area contributed by atoms with Gasteiger partial charge in [0.25, 0.3) is 0 Å². The first-order valence-electron chi connectivity index (χ1n) is 4.83. The molecule has 0 saturated carbocycles. The van der Waals surface area contributed by atoms with Crippen LogP contribution in [0.25, 0.3) is 0 Å². The Bertz CT molecular complexity index is 314. The maximum atomic E-state index is 10.8. The molecule has 5 heteroatoms. The molecule has 4 nitrogen and oxygen atoms in total. The Morgan fingerprint density at radius 1 is 1.53 bits per heavy atom. The molecule has 0 saturated heterocycles. The molecule has 15 heavy (non-hydrogen) atoms. The van der Waals surface area contributed by atoms with Crippen molar-refractivity contribution in [3.63, 3.8) is 0 Å². The van der Waals surface area contributed by atoms with E-state index in [2.05, 4.69) is 10.3 Å². The van der Waals surface area contributed by atoms with Crippen molar-refractivity contribution in [2.45, 2.75) is 13.0 Å². The SMILES string of the molecule is CS(=O)CCCNCc1ccc(O)cn1. The van der Waals surface area contributed by atoms with Gasteiger partial charge in [0.2, 0.25) is 0 Å². The third-order valence-electron chi connectivity index (χ3n) is 1.90. The van der Waals surface area contributed by atoms with Gasteiger partial charge < -0.3 is 10.4 Å². The zero-order chi connectivity index (χ0) is 11.1. The van der Waals surface area contributed by atoms with Crippen molar-refractivity contribution in [1.29, 1.82) is 0 Å². The van der Waals surface area contributed by atoms with Crippen LogP contribution in [0.4, 0.5) is 0 Å². The Labute approximate surface area is 92.2 Å². The fraction of sp³-hybridized carbons (Fsp3) is 0.500. The molecule has 1 rings (SSSR count). The summed E-state index contributed by atoms with van der Waals surface area (Å²) >= 11 is 0. The first-order valence-corrected chi connectivity index (χ1v) is 6.56. The van der Waals surface area contributed by atoms with Gasteiger partial charge >= 0.3 is 0 Å². The average Bonchev–Trinajstić information content (AvgIpc) is 2.20. The molecule has 1 atom stereocenters. The van der Waals surface area contributed by atoms with Gasteiger partial charge in [-0.15, -0.1) is 0 Å². The van der Waals surface area contributed by atoms with E-state index in [0.29, 0.717) is 6.54 Å². The van der Waals surface area contributed by atoms with Crippen molar-refractivity contribution in [3.05, 3.63) is 24.0 Å². The number of nitrogens with one attached hydrogen (secondary N) is 1. The van der Waals surface area contributed by atoms with Gasteiger partial charge in [0.15, 0.2) is 0 Å². The number of pyridine rings is 1. The largest absolute Gasteiger partial charge is 0.506 e. The van der Waals surface area contributed by atoms with E-state index in [9.17, 15) is 4.21 Å². The van der Waals surface area contributed by atoms with Crippen LogP contribution in [0.15, 0.2) is 18.3 Å². The Morgan fingerprint density at radius 3 is 2.93 bits per heavy atom. The van der Waals surface area contributed by atoms with Crippen LogP contribution in [0.2, 0.25) is 0 Å². The van der Waals surface area contributed by atoms with Crippen LogP contribution in [-0.2, 0) is 17.3 Å². The monoisotopic (exact) mass is 228 g/mol. The lowest BCUT2D eigenvalue weighted by atomic mass is 10.3. The van der Waals surface area contributed by atoms with E-state index in [0.717, 1.165) is 24.4 Å². The summed E-state index contributed by atoms with van der Waals surface area (Å²) in [5.41, 5.74) is 0.894. The summed E-state index contributed by atoms with van der Waals surface area (Å²) in [6.07, 6.45) is 4.04. The summed E-state index contributed by atoms with van der Waals surface area (Å²) in [5, 5.41) is 12.2. The molecule has 0 amide bonds. The Kier molecular flexibility index (Phi) is 5.28. The summed E-state index contributed by atoms with van der Waals surface area (Å²) in [6.45, 7) is 1.51. The molecule has 0 bridgehead atoms. The third kappa shape index (κ3) is 5.49. The first kappa shape index (κ1) is 12.1. The number of aromatic hydroxyl groups is 1. The zero-order valence-electron chi connectivity index (χ0n) is 8.77. The third-order valence-corrected chi connectivity index (χ3v) is 2.76. The van der Waals surface area contributed by atoms with Crippen LogP contribution in [-0.4, -0.2) is 32.9 Å². The summed E-state index contributed by atoms with van der Waals surface area (Å²) in [5.74, 6) is 0.913. The van der Waals surface area contributed by atoms with Crippen LogP contribution in [0.1, 0.15) is 12.1 Å². The fourth-order valence-corrected chi connectivity index (χ4v) is 1.69. The highest BCUT2D eigenvalue weighted by molar-refractivity contribution is 7.84. The lowest BCUT2D eigenvalue weighted by Crippen LogP contribution is -2.17. The minimum Gasteiger partial charge on any atom is -0.506 e. The van der Waals surface area contributed by atoms with Gasteiger partial charge in [-0.05, 0) is 25.1 Å². The molecular weight excluding hydrogens is 212 g/mol. The number of nitrogens with zero attached hydrogens (tertiary/aromatic N) is 1. The van der Waals surface area contributed by atoms with E-state index in [1.807, 2.05) is 0 Å². The molecule has 84 valence electrons. The predicted octanol–water partition coefficient (Wildman–Crippen LogP) is 0.645. The smallest absolute Gasteiger partial charge is 0.133 e. The second-order valence-corrected chi connectivity index (χ2v) is 4.87. The van der Waals surface area contributed by atoms with Gasteiger partial charge in [0.1, 0.15) is 5.75 Å². The van der Waals surface area contributed by atoms with E-state index >= 15 is 0 Å². The van der Waals surface area contributed by atoms with Crippen molar-refractivity contribution in [2.75, 3.05) is 18.6 Å². The number of hydrogen-bond donors (Lipinski definition) is 2. The highest BCUT2D eigenvalue weighted by Gasteiger charge is 1.95. The summed E-state index contributed by atoms with van der Waals surface area (Å²) < 4.78 is 10.8. The quantitative estimate of drug-likeness (QED) is 0.702. The Balaban J connectivity index is 2.15.